The van der Waals surface area contributed by atoms with Crippen molar-refractivity contribution in [1.82, 2.24) is 0 Å². The first-order chi connectivity index (χ1) is 8.83. The zero-order valence-electron chi connectivity index (χ0n) is 10.8. The molecule has 0 radical (unpaired) electrons. The zero-order valence-corrected chi connectivity index (χ0v) is 10.8. The Bertz CT molecular complexity index is 524. The van der Waals surface area contributed by atoms with Crippen LogP contribution in [-0.4, -0.2) is 0 Å². The molecule has 1 nitrogen and oxygen atoms in total. The molecule has 1 aliphatic carbocycles. The molecule has 1 fully saturated rings. The van der Waals surface area contributed by atoms with Crippen molar-refractivity contribution >= 4 is 5.69 Å². The molecule has 18 heavy (non-hydrogen) atoms. The Morgan fingerprint density at radius 1 is 1.00 bits per heavy atom. The van der Waals surface area contributed by atoms with Crippen molar-refractivity contribution in [2.24, 2.45) is 0 Å². The first-order valence-electron chi connectivity index (χ1n) is 6.71. The lowest BCUT2D eigenvalue weighted by atomic mass is 10.0. The highest BCUT2D eigenvalue weighted by Gasteiger charge is 2.25. The van der Waals surface area contributed by atoms with Gasteiger partial charge in [0.15, 0.2) is 0 Å². The molecule has 3 rings (SSSR count). The fourth-order valence-electron chi connectivity index (χ4n) is 2.36. The van der Waals surface area contributed by atoms with E-state index in [1.807, 2.05) is 0 Å². The lowest BCUT2D eigenvalue weighted by Gasteiger charge is -2.11. The molecule has 0 bridgehead atoms. The molecular formula is C17H19N. The Hall–Kier alpha value is -1.76. The average Bonchev–Trinajstić information content (AvgIpc) is 3.23. The van der Waals surface area contributed by atoms with Crippen molar-refractivity contribution in [2.75, 3.05) is 5.32 Å². The maximum Gasteiger partial charge on any atom is 0.0403 e. The lowest BCUT2D eigenvalue weighted by Crippen LogP contribution is -2.02. The van der Waals surface area contributed by atoms with E-state index < -0.39 is 0 Å². The molecular weight excluding hydrogens is 218 g/mol. The van der Waals surface area contributed by atoms with Gasteiger partial charge in [-0.15, -0.1) is 0 Å². The van der Waals surface area contributed by atoms with Crippen molar-refractivity contribution < 1.29 is 0 Å². The fourth-order valence-corrected chi connectivity index (χ4v) is 2.36. The zero-order chi connectivity index (χ0) is 12.4. The van der Waals surface area contributed by atoms with Crippen LogP contribution in [-0.2, 0) is 6.54 Å². The van der Waals surface area contributed by atoms with Crippen molar-refractivity contribution in [1.29, 1.82) is 0 Å². The van der Waals surface area contributed by atoms with Crippen LogP contribution in [0.4, 0.5) is 5.69 Å². The summed E-state index contributed by atoms with van der Waals surface area (Å²) in [5, 5.41) is 3.51. The SMILES string of the molecule is Cc1ccc(NCc2ccccc2C2CC2)cc1. The average molecular weight is 237 g/mol. The van der Waals surface area contributed by atoms with Crippen LogP contribution in [0.25, 0.3) is 0 Å². The van der Waals surface area contributed by atoms with Crippen molar-refractivity contribution in [3.63, 3.8) is 0 Å². The van der Waals surface area contributed by atoms with Crippen LogP contribution in [0.15, 0.2) is 48.5 Å². The molecule has 2 aromatic rings. The summed E-state index contributed by atoms with van der Waals surface area (Å²) in [5.41, 5.74) is 5.49. The molecule has 0 unspecified atom stereocenters. The summed E-state index contributed by atoms with van der Waals surface area (Å²) in [5.74, 6) is 0.820. The summed E-state index contributed by atoms with van der Waals surface area (Å²) in [7, 11) is 0. The predicted octanol–water partition coefficient (Wildman–Crippen LogP) is 4.48. The van der Waals surface area contributed by atoms with E-state index in [9.17, 15) is 0 Å². The minimum Gasteiger partial charge on any atom is -0.381 e. The minimum atomic E-state index is 0.820. The van der Waals surface area contributed by atoms with E-state index in [2.05, 4.69) is 60.8 Å². The topological polar surface area (TPSA) is 12.0 Å². The molecule has 0 atom stereocenters. The molecule has 0 heterocycles. The van der Waals surface area contributed by atoms with Gasteiger partial charge in [-0.1, -0.05) is 42.0 Å². The highest BCUT2D eigenvalue weighted by molar-refractivity contribution is 5.46. The summed E-state index contributed by atoms with van der Waals surface area (Å²) in [6.07, 6.45) is 2.73. The second-order valence-corrected chi connectivity index (χ2v) is 5.19. The first-order valence-corrected chi connectivity index (χ1v) is 6.71. The van der Waals surface area contributed by atoms with E-state index in [-0.39, 0.29) is 0 Å². The van der Waals surface area contributed by atoms with Gasteiger partial charge in [-0.2, -0.15) is 0 Å². The molecule has 0 amide bonds. The van der Waals surface area contributed by atoms with Crippen molar-refractivity contribution in [3.8, 4) is 0 Å². The second-order valence-electron chi connectivity index (χ2n) is 5.19. The van der Waals surface area contributed by atoms with Gasteiger partial charge in [0.2, 0.25) is 0 Å². The number of rotatable bonds is 4. The number of benzene rings is 2. The normalized spacial score (nSPS) is 14.5. The van der Waals surface area contributed by atoms with Crippen LogP contribution in [0.2, 0.25) is 0 Å². The Kier molecular flexibility index (Phi) is 3.06. The molecule has 0 saturated heterocycles. The van der Waals surface area contributed by atoms with E-state index in [4.69, 9.17) is 0 Å². The van der Waals surface area contributed by atoms with Crippen LogP contribution < -0.4 is 5.32 Å². The van der Waals surface area contributed by atoms with Gasteiger partial charge in [-0.25, -0.2) is 0 Å². The third-order valence-electron chi connectivity index (χ3n) is 3.61. The maximum absolute atomic E-state index is 3.51. The Morgan fingerprint density at radius 3 is 2.44 bits per heavy atom. The van der Waals surface area contributed by atoms with Gasteiger partial charge in [-0.3, -0.25) is 0 Å². The van der Waals surface area contributed by atoms with Gasteiger partial charge in [0.1, 0.15) is 0 Å². The van der Waals surface area contributed by atoms with E-state index in [1.165, 1.54) is 35.2 Å². The van der Waals surface area contributed by atoms with Crippen molar-refractivity contribution in [2.45, 2.75) is 32.2 Å². The smallest absolute Gasteiger partial charge is 0.0403 e. The fraction of sp³-hybridized carbons (Fsp3) is 0.294. The van der Waals surface area contributed by atoms with Gasteiger partial charge in [-0.05, 0) is 48.9 Å². The maximum atomic E-state index is 3.51. The monoisotopic (exact) mass is 237 g/mol. The molecule has 1 heteroatoms. The number of hydrogen-bond acceptors (Lipinski definition) is 1. The summed E-state index contributed by atoms with van der Waals surface area (Å²) in [6.45, 7) is 3.04. The van der Waals surface area contributed by atoms with Gasteiger partial charge in [0.25, 0.3) is 0 Å². The third-order valence-corrected chi connectivity index (χ3v) is 3.61. The number of anilines is 1. The number of aryl methyl sites for hydroxylation is 1. The highest BCUT2D eigenvalue weighted by Crippen LogP contribution is 2.41. The highest BCUT2D eigenvalue weighted by atomic mass is 14.9. The molecule has 0 aromatic heterocycles. The van der Waals surface area contributed by atoms with Gasteiger partial charge in [0, 0.05) is 12.2 Å². The Balaban J connectivity index is 1.71. The van der Waals surface area contributed by atoms with Gasteiger partial charge >= 0.3 is 0 Å². The summed E-state index contributed by atoms with van der Waals surface area (Å²) < 4.78 is 0. The molecule has 92 valence electrons. The lowest BCUT2D eigenvalue weighted by molar-refractivity contribution is 1.04. The van der Waals surface area contributed by atoms with E-state index in [0.717, 1.165) is 12.5 Å². The van der Waals surface area contributed by atoms with E-state index in [0.29, 0.717) is 0 Å². The predicted molar refractivity (Wildman–Crippen MR) is 76.9 cm³/mol. The third kappa shape index (κ3) is 2.56. The molecule has 0 spiro atoms. The quantitative estimate of drug-likeness (QED) is 0.826. The second kappa shape index (κ2) is 4.85. The van der Waals surface area contributed by atoms with Gasteiger partial charge in [0.05, 0.1) is 0 Å². The summed E-state index contributed by atoms with van der Waals surface area (Å²) in [6, 6.07) is 17.4. The molecule has 1 saturated carbocycles. The Labute approximate surface area is 109 Å². The van der Waals surface area contributed by atoms with Gasteiger partial charge < -0.3 is 5.32 Å². The first kappa shape index (κ1) is 11.3. The largest absolute Gasteiger partial charge is 0.381 e. The van der Waals surface area contributed by atoms with E-state index in [1.54, 1.807) is 0 Å². The van der Waals surface area contributed by atoms with Crippen molar-refractivity contribution in [3.05, 3.63) is 65.2 Å². The summed E-state index contributed by atoms with van der Waals surface area (Å²) in [4.78, 5) is 0. The summed E-state index contributed by atoms with van der Waals surface area (Å²) >= 11 is 0. The molecule has 0 aliphatic heterocycles. The molecule has 1 aliphatic rings. The number of hydrogen-bond donors (Lipinski definition) is 1. The van der Waals surface area contributed by atoms with Crippen LogP contribution in [0.1, 0.15) is 35.4 Å². The van der Waals surface area contributed by atoms with Crippen LogP contribution >= 0.6 is 0 Å². The van der Waals surface area contributed by atoms with E-state index >= 15 is 0 Å². The minimum absolute atomic E-state index is 0.820. The Morgan fingerprint density at radius 2 is 1.72 bits per heavy atom. The standard InChI is InChI=1S/C17H19N/c1-13-6-10-16(11-7-13)18-12-15-4-2-3-5-17(15)14-8-9-14/h2-7,10-11,14,18H,8-9,12H2,1H3. The van der Waals surface area contributed by atoms with Crippen LogP contribution in [0.5, 0.6) is 0 Å². The molecule has 2 aromatic carbocycles. The number of nitrogens with one attached hydrogen (secondary N) is 1. The van der Waals surface area contributed by atoms with Crippen LogP contribution in [0.3, 0.4) is 0 Å². The molecule has 1 N–H and O–H groups in total. The van der Waals surface area contributed by atoms with Crippen LogP contribution in [0, 0.1) is 6.92 Å².